The zero-order valence-electron chi connectivity index (χ0n) is 14.5. The Bertz CT molecular complexity index is 740. The molecule has 2 aromatic rings. The lowest BCUT2D eigenvalue weighted by molar-refractivity contribution is 0.0682. The summed E-state index contributed by atoms with van der Waals surface area (Å²) in [6.45, 7) is 6.67. The minimum atomic E-state index is -0.259. The van der Waals surface area contributed by atoms with Crippen molar-refractivity contribution in [2.45, 2.75) is 32.5 Å². The fraction of sp³-hybridized carbons (Fsp3) is 0.350. The highest BCUT2D eigenvalue weighted by molar-refractivity contribution is 5.94. The summed E-state index contributed by atoms with van der Waals surface area (Å²) in [7, 11) is 1.65. The van der Waals surface area contributed by atoms with Crippen molar-refractivity contribution in [3.05, 3.63) is 65.2 Å². The Hall–Kier alpha value is -2.33. The summed E-state index contributed by atoms with van der Waals surface area (Å²) in [6, 6.07) is 16.0. The van der Waals surface area contributed by atoms with Gasteiger partial charge < -0.3 is 10.1 Å². The number of benzene rings is 2. The fourth-order valence-electron chi connectivity index (χ4n) is 3.22. The van der Waals surface area contributed by atoms with E-state index in [9.17, 15) is 4.79 Å². The Kier molecular flexibility index (Phi) is 4.58. The predicted octanol–water partition coefficient (Wildman–Crippen LogP) is 3.22. The molecule has 0 saturated heterocycles. The number of para-hydroxylation sites is 1. The van der Waals surface area contributed by atoms with Gasteiger partial charge in [-0.25, -0.2) is 0 Å². The number of ether oxygens (including phenoxy) is 1. The highest BCUT2D eigenvalue weighted by Gasteiger charge is 2.28. The minimum Gasteiger partial charge on any atom is -0.486 e. The number of amides is 1. The molecule has 0 spiro atoms. The summed E-state index contributed by atoms with van der Waals surface area (Å²) < 4.78 is 6.19. The van der Waals surface area contributed by atoms with Gasteiger partial charge in [0.15, 0.2) is 0 Å². The van der Waals surface area contributed by atoms with Crippen LogP contribution in [0.15, 0.2) is 48.5 Å². The van der Waals surface area contributed by atoms with Crippen LogP contribution in [0.3, 0.4) is 0 Å². The van der Waals surface area contributed by atoms with E-state index < -0.39 is 0 Å². The maximum absolute atomic E-state index is 11.8. The van der Waals surface area contributed by atoms with Gasteiger partial charge in [-0.1, -0.05) is 30.3 Å². The predicted molar refractivity (Wildman–Crippen MR) is 95.1 cm³/mol. The van der Waals surface area contributed by atoms with E-state index >= 15 is 0 Å². The van der Waals surface area contributed by atoms with Crippen molar-refractivity contribution in [3.63, 3.8) is 0 Å². The normalized spacial score (nSPS) is 16.6. The Morgan fingerprint density at radius 3 is 2.79 bits per heavy atom. The number of hydrogen-bond donors (Lipinski definition) is 1. The summed E-state index contributed by atoms with van der Waals surface area (Å²) in [5.74, 6) is 0.908. The van der Waals surface area contributed by atoms with E-state index in [0.717, 1.165) is 30.9 Å². The van der Waals surface area contributed by atoms with E-state index in [2.05, 4.69) is 36.2 Å². The van der Waals surface area contributed by atoms with Crippen molar-refractivity contribution in [1.29, 1.82) is 0 Å². The molecule has 0 unspecified atom stereocenters. The molecule has 0 fully saturated rings. The Labute approximate surface area is 143 Å². The molecule has 1 aliphatic heterocycles. The van der Waals surface area contributed by atoms with Gasteiger partial charge in [0, 0.05) is 37.8 Å². The highest BCUT2D eigenvalue weighted by atomic mass is 16.5. The van der Waals surface area contributed by atoms with Crippen LogP contribution in [0.5, 0.6) is 5.75 Å². The molecule has 3 rings (SSSR count). The molecule has 126 valence electrons. The zero-order chi connectivity index (χ0) is 17.2. The summed E-state index contributed by atoms with van der Waals surface area (Å²) in [5, 5.41) is 2.68. The molecular formula is C20H24N2O2. The Morgan fingerprint density at radius 2 is 2.00 bits per heavy atom. The lowest BCUT2D eigenvalue weighted by Gasteiger charge is -2.29. The molecular weight excluding hydrogens is 300 g/mol. The standard InChI is InChI=1S/C20H24N2O2/c1-20(2)14-22(13-17-8-4-5-10-18(17)24-20)12-15-7-6-9-16(11-15)19(23)21-3/h4-11H,12-14H2,1-3H3,(H,21,23). The van der Waals surface area contributed by atoms with Crippen LogP contribution in [0.2, 0.25) is 0 Å². The van der Waals surface area contributed by atoms with E-state index in [-0.39, 0.29) is 11.5 Å². The molecule has 0 bridgehead atoms. The third-order valence-corrected chi connectivity index (χ3v) is 4.18. The first-order valence-corrected chi connectivity index (χ1v) is 8.27. The first kappa shape index (κ1) is 16.5. The number of carbonyl (C=O) groups excluding carboxylic acids is 1. The Morgan fingerprint density at radius 1 is 1.21 bits per heavy atom. The smallest absolute Gasteiger partial charge is 0.251 e. The van der Waals surface area contributed by atoms with Gasteiger partial charge in [0.1, 0.15) is 11.4 Å². The number of rotatable bonds is 3. The van der Waals surface area contributed by atoms with Gasteiger partial charge in [-0.3, -0.25) is 9.69 Å². The molecule has 1 N–H and O–H groups in total. The van der Waals surface area contributed by atoms with Crippen molar-refractivity contribution < 1.29 is 9.53 Å². The first-order chi connectivity index (χ1) is 11.5. The van der Waals surface area contributed by atoms with Gasteiger partial charge in [-0.05, 0) is 37.6 Å². The molecule has 1 aliphatic rings. The first-order valence-electron chi connectivity index (χ1n) is 8.27. The van der Waals surface area contributed by atoms with E-state index in [1.165, 1.54) is 5.56 Å². The number of carbonyl (C=O) groups is 1. The Balaban J connectivity index is 1.83. The van der Waals surface area contributed by atoms with Crippen LogP contribution in [0.1, 0.15) is 35.3 Å². The second-order valence-electron chi connectivity index (χ2n) is 6.89. The molecule has 0 radical (unpaired) electrons. The van der Waals surface area contributed by atoms with Crippen LogP contribution >= 0.6 is 0 Å². The minimum absolute atomic E-state index is 0.0540. The van der Waals surface area contributed by atoms with Gasteiger partial charge in [0.05, 0.1) is 0 Å². The maximum Gasteiger partial charge on any atom is 0.251 e. The molecule has 24 heavy (non-hydrogen) atoms. The van der Waals surface area contributed by atoms with Crippen molar-refractivity contribution in [2.24, 2.45) is 0 Å². The van der Waals surface area contributed by atoms with Gasteiger partial charge in [-0.15, -0.1) is 0 Å². The van der Waals surface area contributed by atoms with Crippen LogP contribution in [-0.4, -0.2) is 30.0 Å². The van der Waals surface area contributed by atoms with Crippen LogP contribution in [0.4, 0.5) is 0 Å². The van der Waals surface area contributed by atoms with E-state index in [1.54, 1.807) is 7.05 Å². The fourth-order valence-corrected chi connectivity index (χ4v) is 3.22. The molecule has 4 heteroatoms. The number of fused-ring (bicyclic) bond motifs is 1. The second kappa shape index (κ2) is 6.65. The summed E-state index contributed by atoms with van der Waals surface area (Å²) >= 11 is 0. The lowest BCUT2D eigenvalue weighted by atomic mass is 10.1. The average Bonchev–Trinajstić information content (AvgIpc) is 2.68. The van der Waals surface area contributed by atoms with Gasteiger partial charge >= 0.3 is 0 Å². The molecule has 1 amide bonds. The molecule has 4 nitrogen and oxygen atoms in total. The van der Waals surface area contributed by atoms with Crippen LogP contribution in [0, 0.1) is 0 Å². The quantitative estimate of drug-likeness (QED) is 0.942. The number of nitrogens with one attached hydrogen (secondary N) is 1. The van der Waals surface area contributed by atoms with Crippen molar-refractivity contribution >= 4 is 5.91 Å². The highest BCUT2D eigenvalue weighted by Crippen LogP contribution is 2.29. The molecule has 0 aliphatic carbocycles. The molecule has 1 heterocycles. The van der Waals surface area contributed by atoms with Crippen molar-refractivity contribution in [1.82, 2.24) is 10.2 Å². The van der Waals surface area contributed by atoms with E-state index in [0.29, 0.717) is 5.56 Å². The average molecular weight is 324 g/mol. The third-order valence-electron chi connectivity index (χ3n) is 4.18. The lowest BCUT2D eigenvalue weighted by Crippen LogP contribution is -2.40. The van der Waals surface area contributed by atoms with Crippen molar-refractivity contribution in [2.75, 3.05) is 13.6 Å². The largest absolute Gasteiger partial charge is 0.486 e. The topological polar surface area (TPSA) is 41.6 Å². The van der Waals surface area contributed by atoms with E-state index in [1.807, 2.05) is 36.4 Å². The SMILES string of the molecule is CNC(=O)c1cccc(CN2Cc3ccccc3OC(C)(C)C2)c1. The second-order valence-corrected chi connectivity index (χ2v) is 6.89. The third kappa shape index (κ3) is 3.77. The summed E-state index contributed by atoms with van der Waals surface area (Å²) in [6.07, 6.45) is 0. The zero-order valence-corrected chi connectivity index (χ0v) is 14.5. The van der Waals surface area contributed by atoms with Crippen LogP contribution in [-0.2, 0) is 13.1 Å². The summed E-state index contributed by atoms with van der Waals surface area (Å²) in [5.41, 5.74) is 2.77. The van der Waals surface area contributed by atoms with Gasteiger partial charge in [0.2, 0.25) is 0 Å². The maximum atomic E-state index is 11.8. The van der Waals surface area contributed by atoms with Crippen LogP contribution in [0.25, 0.3) is 0 Å². The molecule has 2 aromatic carbocycles. The monoisotopic (exact) mass is 324 g/mol. The summed E-state index contributed by atoms with van der Waals surface area (Å²) in [4.78, 5) is 14.2. The van der Waals surface area contributed by atoms with Crippen LogP contribution < -0.4 is 10.1 Å². The number of nitrogens with zero attached hydrogens (tertiary/aromatic N) is 1. The number of hydrogen-bond acceptors (Lipinski definition) is 3. The molecule has 0 aromatic heterocycles. The molecule has 0 saturated carbocycles. The molecule has 0 atom stereocenters. The van der Waals surface area contributed by atoms with Crippen molar-refractivity contribution in [3.8, 4) is 5.75 Å². The van der Waals surface area contributed by atoms with Gasteiger partial charge in [-0.2, -0.15) is 0 Å². The van der Waals surface area contributed by atoms with E-state index in [4.69, 9.17) is 4.74 Å². The van der Waals surface area contributed by atoms with Gasteiger partial charge in [0.25, 0.3) is 5.91 Å².